The van der Waals surface area contributed by atoms with Crippen molar-refractivity contribution in [3.8, 4) is 0 Å². The number of hydrogen-bond acceptors (Lipinski definition) is 3. The Balaban J connectivity index is 2.85. The smallest absolute Gasteiger partial charge is 0.200 e. The molecule has 0 radical (unpaired) electrons. The molecule has 0 spiro atoms. The summed E-state index contributed by atoms with van der Waals surface area (Å²) in [4.78, 5) is 1.22. The van der Waals surface area contributed by atoms with Gasteiger partial charge in [-0.15, -0.1) is 11.3 Å². The van der Waals surface area contributed by atoms with Gasteiger partial charge in [-0.1, -0.05) is 41.5 Å². The van der Waals surface area contributed by atoms with Crippen molar-refractivity contribution in [2.75, 3.05) is 0 Å². The summed E-state index contributed by atoms with van der Waals surface area (Å²) in [6, 6.07) is 2.08. The van der Waals surface area contributed by atoms with Crippen molar-refractivity contribution in [1.82, 2.24) is 0 Å². The van der Waals surface area contributed by atoms with E-state index in [0.29, 0.717) is 23.2 Å². The Morgan fingerprint density at radius 1 is 1.05 bits per heavy atom. The average molecular weight is 315 g/mol. The van der Waals surface area contributed by atoms with Crippen LogP contribution in [0.4, 0.5) is 0 Å². The summed E-state index contributed by atoms with van der Waals surface area (Å²) in [5, 5.41) is 11.6. The maximum atomic E-state index is 9.60. The Bertz CT molecular complexity index is 389. The third-order valence-corrected chi connectivity index (χ3v) is 11.3. The van der Waals surface area contributed by atoms with Crippen LogP contribution in [0.3, 0.4) is 0 Å². The van der Waals surface area contributed by atoms with E-state index < -0.39 is 8.32 Å². The van der Waals surface area contributed by atoms with E-state index >= 15 is 0 Å². The van der Waals surface area contributed by atoms with Crippen LogP contribution in [0.1, 0.15) is 65.0 Å². The van der Waals surface area contributed by atoms with E-state index in [9.17, 15) is 5.11 Å². The molecule has 1 heterocycles. The van der Waals surface area contributed by atoms with Crippen molar-refractivity contribution < 1.29 is 9.53 Å². The largest absolute Gasteiger partial charge is 0.411 e. The van der Waals surface area contributed by atoms with Crippen molar-refractivity contribution in [2.24, 2.45) is 0 Å². The van der Waals surface area contributed by atoms with Gasteiger partial charge in [0.25, 0.3) is 0 Å². The summed E-state index contributed by atoms with van der Waals surface area (Å²) in [5.41, 5.74) is 2.83. The molecule has 1 atom stereocenters. The molecule has 0 aliphatic heterocycles. The predicted octanol–water partition coefficient (Wildman–Crippen LogP) is 5.49. The lowest BCUT2D eigenvalue weighted by Gasteiger charge is -2.42. The summed E-state index contributed by atoms with van der Waals surface area (Å²) in [6.07, 6.45) is -0.387. The summed E-state index contributed by atoms with van der Waals surface area (Å²) in [6.45, 7) is 16.3. The topological polar surface area (TPSA) is 29.5 Å². The van der Waals surface area contributed by atoms with Gasteiger partial charge in [-0.25, -0.2) is 0 Å². The SMILES string of the molecule is CC(O)c1csc(CO[Si](C(C)C)(C(C)C)C(C)C)c1. The van der Waals surface area contributed by atoms with Crippen molar-refractivity contribution in [3.63, 3.8) is 0 Å². The normalized spacial score (nSPS) is 14.6. The minimum atomic E-state index is -1.78. The second kappa shape index (κ2) is 7.21. The second-order valence-corrected chi connectivity index (χ2v) is 13.1. The van der Waals surface area contributed by atoms with Crippen LogP contribution in [0, 0.1) is 0 Å². The molecule has 0 aliphatic rings. The zero-order chi connectivity index (χ0) is 15.5. The summed E-state index contributed by atoms with van der Waals surface area (Å²) < 4.78 is 6.56. The molecule has 0 fully saturated rings. The Labute approximate surface area is 129 Å². The van der Waals surface area contributed by atoms with Crippen LogP contribution in [0.25, 0.3) is 0 Å². The van der Waals surface area contributed by atoms with Gasteiger partial charge in [0.2, 0.25) is 8.32 Å². The fourth-order valence-corrected chi connectivity index (χ4v) is 9.78. The monoisotopic (exact) mass is 314 g/mol. The molecule has 0 saturated carbocycles. The number of hydrogen-bond donors (Lipinski definition) is 1. The van der Waals surface area contributed by atoms with Crippen LogP contribution < -0.4 is 0 Å². The first-order chi connectivity index (χ1) is 9.21. The van der Waals surface area contributed by atoms with Crippen LogP contribution >= 0.6 is 11.3 Å². The highest BCUT2D eigenvalue weighted by Crippen LogP contribution is 2.43. The van der Waals surface area contributed by atoms with Crippen LogP contribution in [0.15, 0.2) is 11.4 Å². The molecule has 0 bridgehead atoms. The molecule has 0 saturated heterocycles. The van der Waals surface area contributed by atoms with E-state index in [1.54, 1.807) is 11.3 Å². The standard InChI is InChI=1S/C16H30O2SSi/c1-11(2)20(12(3)4,13(5)6)18-9-16-8-15(10-19-16)14(7)17/h8,10-14,17H,9H2,1-7H3. The van der Waals surface area contributed by atoms with E-state index in [2.05, 4.69) is 47.6 Å². The fourth-order valence-electron chi connectivity index (χ4n) is 3.39. The van der Waals surface area contributed by atoms with Gasteiger partial charge < -0.3 is 9.53 Å². The molecule has 20 heavy (non-hydrogen) atoms. The molecule has 1 aromatic heterocycles. The predicted molar refractivity (Wildman–Crippen MR) is 90.8 cm³/mol. The first-order valence-corrected chi connectivity index (χ1v) is 10.6. The van der Waals surface area contributed by atoms with Gasteiger partial charge in [-0.2, -0.15) is 0 Å². The maximum absolute atomic E-state index is 9.60. The van der Waals surface area contributed by atoms with Gasteiger partial charge >= 0.3 is 0 Å². The Hall–Kier alpha value is -0.163. The van der Waals surface area contributed by atoms with Gasteiger partial charge in [0.05, 0.1) is 12.7 Å². The Kier molecular flexibility index (Phi) is 6.45. The first kappa shape index (κ1) is 17.9. The summed E-state index contributed by atoms with van der Waals surface area (Å²) in [7, 11) is -1.78. The molecule has 1 aromatic rings. The average Bonchev–Trinajstić information content (AvgIpc) is 2.77. The van der Waals surface area contributed by atoms with Crippen LogP contribution in [-0.4, -0.2) is 13.4 Å². The number of rotatable bonds is 7. The second-order valence-electron chi connectivity index (χ2n) is 6.63. The third-order valence-electron chi connectivity index (χ3n) is 4.33. The minimum absolute atomic E-state index is 0.387. The molecule has 1 unspecified atom stereocenters. The molecule has 0 amide bonds. The number of aliphatic hydroxyl groups is 1. The Morgan fingerprint density at radius 3 is 1.90 bits per heavy atom. The van der Waals surface area contributed by atoms with Gasteiger partial charge in [-0.3, -0.25) is 0 Å². The molecule has 2 nitrogen and oxygen atoms in total. The lowest BCUT2D eigenvalue weighted by atomic mass is 10.2. The van der Waals surface area contributed by atoms with E-state index in [1.165, 1.54) is 4.88 Å². The molecular weight excluding hydrogens is 284 g/mol. The molecular formula is C16H30O2SSi. The molecule has 4 heteroatoms. The molecule has 116 valence electrons. The van der Waals surface area contributed by atoms with E-state index in [-0.39, 0.29) is 6.10 Å². The third kappa shape index (κ3) is 3.73. The molecule has 0 aliphatic carbocycles. The van der Waals surface area contributed by atoms with E-state index in [1.807, 2.05) is 12.3 Å². The zero-order valence-electron chi connectivity index (χ0n) is 13.9. The van der Waals surface area contributed by atoms with E-state index in [0.717, 1.165) is 5.56 Å². The molecule has 1 N–H and O–H groups in total. The molecule has 1 rings (SSSR count). The van der Waals surface area contributed by atoms with Gasteiger partial charge in [0, 0.05) is 4.88 Å². The lowest BCUT2D eigenvalue weighted by Crippen LogP contribution is -2.47. The van der Waals surface area contributed by atoms with Gasteiger partial charge in [0.1, 0.15) is 0 Å². The van der Waals surface area contributed by atoms with Gasteiger partial charge in [0.15, 0.2) is 0 Å². The van der Waals surface area contributed by atoms with Crippen LogP contribution in [-0.2, 0) is 11.0 Å². The van der Waals surface area contributed by atoms with Crippen molar-refractivity contribution in [2.45, 2.75) is 77.8 Å². The zero-order valence-corrected chi connectivity index (χ0v) is 15.8. The fraction of sp³-hybridized carbons (Fsp3) is 0.750. The van der Waals surface area contributed by atoms with Crippen LogP contribution in [0.5, 0.6) is 0 Å². The lowest BCUT2D eigenvalue weighted by molar-refractivity contribution is 0.199. The van der Waals surface area contributed by atoms with Crippen molar-refractivity contribution in [1.29, 1.82) is 0 Å². The highest BCUT2D eigenvalue weighted by atomic mass is 32.1. The molecule has 0 aromatic carbocycles. The van der Waals surface area contributed by atoms with Crippen LogP contribution in [0.2, 0.25) is 16.6 Å². The first-order valence-electron chi connectivity index (χ1n) is 7.61. The van der Waals surface area contributed by atoms with Gasteiger partial charge in [-0.05, 0) is 40.6 Å². The van der Waals surface area contributed by atoms with Crippen molar-refractivity contribution >= 4 is 19.7 Å². The quantitative estimate of drug-likeness (QED) is 0.674. The number of thiophene rings is 1. The highest BCUT2D eigenvalue weighted by molar-refractivity contribution is 7.10. The number of aliphatic hydroxyl groups excluding tert-OH is 1. The minimum Gasteiger partial charge on any atom is -0.411 e. The summed E-state index contributed by atoms with van der Waals surface area (Å²) >= 11 is 1.69. The Morgan fingerprint density at radius 2 is 1.55 bits per heavy atom. The summed E-state index contributed by atoms with van der Waals surface area (Å²) in [5.74, 6) is 0. The van der Waals surface area contributed by atoms with Crippen molar-refractivity contribution in [3.05, 3.63) is 21.9 Å². The highest BCUT2D eigenvalue weighted by Gasteiger charge is 2.45. The maximum Gasteiger partial charge on any atom is 0.200 e. The van der Waals surface area contributed by atoms with E-state index in [4.69, 9.17) is 4.43 Å².